The number of phenols is 4. The molecule has 0 aliphatic rings. The van der Waals surface area contributed by atoms with Gasteiger partial charge in [0.25, 0.3) is 0 Å². The molecule has 0 bridgehead atoms. The highest BCUT2D eigenvalue weighted by atomic mass is 16.5. The molecule has 3 aromatic rings. The molecule has 0 saturated heterocycles. The molecule has 1 aromatic heterocycles. The number of benzene rings is 2. The van der Waals surface area contributed by atoms with Crippen molar-refractivity contribution in [3.05, 3.63) is 28.6 Å². The fraction of sp³-hybridized carbons (Fsp3) is 0.167. The second-order valence-electron chi connectivity index (χ2n) is 5.49. The molecule has 1 heterocycles. The third-order valence-corrected chi connectivity index (χ3v) is 4.07. The lowest BCUT2D eigenvalue weighted by Gasteiger charge is -2.13. The summed E-state index contributed by atoms with van der Waals surface area (Å²) >= 11 is 0. The first-order chi connectivity index (χ1) is 12.8. The minimum absolute atomic E-state index is 0.0406. The van der Waals surface area contributed by atoms with E-state index in [9.17, 15) is 25.2 Å². The second kappa shape index (κ2) is 6.52. The van der Waals surface area contributed by atoms with Gasteiger partial charge in [-0.15, -0.1) is 0 Å². The van der Waals surface area contributed by atoms with Gasteiger partial charge in [-0.2, -0.15) is 0 Å². The minimum Gasteiger partial charge on any atom is -0.504 e. The Morgan fingerprint density at radius 2 is 1.52 bits per heavy atom. The van der Waals surface area contributed by atoms with Gasteiger partial charge in [-0.25, -0.2) is 0 Å². The van der Waals surface area contributed by atoms with Gasteiger partial charge in [-0.05, 0) is 17.7 Å². The molecule has 0 spiro atoms. The van der Waals surface area contributed by atoms with E-state index in [1.165, 1.54) is 26.4 Å². The van der Waals surface area contributed by atoms with Gasteiger partial charge in [0.15, 0.2) is 22.8 Å². The van der Waals surface area contributed by atoms with Gasteiger partial charge in [-0.3, -0.25) is 4.79 Å². The number of methoxy groups -OCH3 is 3. The molecule has 0 atom stereocenters. The summed E-state index contributed by atoms with van der Waals surface area (Å²) in [5, 5.41) is 39.9. The summed E-state index contributed by atoms with van der Waals surface area (Å²) < 4.78 is 20.3. The van der Waals surface area contributed by atoms with E-state index in [0.29, 0.717) is 0 Å². The van der Waals surface area contributed by atoms with Gasteiger partial charge in [-0.1, -0.05) is 0 Å². The van der Waals surface area contributed by atoms with Crippen LogP contribution in [0.25, 0.3) is 22.1 Å². The van der Waals surface area contributed by atoms with Gasteiger partial charge in [0, 0.05) is 0 Å². The first-order valence-corrected chi connectivity index (χ1v) is 7.57. The minimum atomic E-state index is -0.762. The van der Waals surface area contributed by atoms with E-state index in [4.69, 9.17) is 18.6 Å². The SMILES string of the molecule is COc1cc(-c2coc3c(O)c(O)c(OC)c(O)c3c2=O)cc(O)c1OC. The van der Waals surface area contributed by atoms with Gasteiger partial charge < -0.3 is 39.1 Å². The van der Waals surface area contributed by atoms with Crippen LogP contribution in [-0.2, 0) is 0 Å². The Balaban J connectivity index is 2.37. The number of ether oxygens (including phenoxy) is 3. The van der Waals surface area contributed by atoms with E-state index in [0.717, 1.165) is 13.4 Å². The monoisotopic (exact) mass is 376 g/mol. The number of aromatic hydroxyl groups is 4. The average Bonchev–Trinajstić information content (AvgIpc) is 2.65. The van der Waals surface area contributed by atoms with Crippen molar-refractivity contribution in [3.8, 4) is 51.4 Å². The van der Waals surface area contributed by atoms with Crippen molar-refractivity contribution in [2.75, 3.05) is 21.3 Å². The number of hydrogen-bond donors (Lipinski definition) is 4. The standard InChI is InChI=1S/C18H16O9/c1-24-10-5-7(4-9(19)16(10)25-2)8-6-27-17-11(12(8)20)13(21)18(26-3)15(23)14(17)22/h4-6,19,21-23H,1-3H3. The van der Waals surface area contributed by atoms with E-state index < -0.39 is 39.4 Å². The first kappa shape index (κ1) is 18.1. The first-order valence-electron chi connectivity index (χ1n) is 7.57. The molecule has 27 heavy (non-hydrogen) atoms. The van der Waals surface area contributed by atoms with Crippen molar-refractivity contribution in [3.63, 3.8) is 0 Å². The zero-order valence-corrected chi connectivity index (χ0v) is 14.6. The molecule has 0 amide bonds. The van der Waals surface area contributed by atoms with Crippen LogP contribution in [0.5, 0.6) is 40.2 Å². The fourth-order valence-corrected chi connectivity index (χ4v) is 2.79. The van der Waals surface area contributed by atoms with Crippen molar-refractivity contribution < 1.29 is 39.1 Å². The average molecular weight is 376 g/mol. The summed E-state index contributed by atoms with van der Waals surface area (Å²) in [5.74, 6) is -2.70. The van der Waals surface area contributed by atoms with Crippen molar-refractivity contribution >= 4 is 11.0 Å². The topological polar surface area (TPSA) is 139 Å². The van der Waals surface area contributed by atoms with Crippen LogP contribution in [0.15, 0.2) is 27.6 Å². The number of hydrogen-bond acceptors (Lipinski definition) is 9. The smallest absolute Gasteiger partial charge is 0.208 e. The van der Waals surface area contributed by atoms with Crippen molar-refractivity contribution in [1.29, 1.82) is 0 Å². The third-order valence-electron chi connectivity index (χ3n) is 4.07. The molecule has 4 N–H and O–H groups in total. The number of phenolic OH excluding ortho intramolecular Hbond substituents is 4. The Morgan fingerprint density at radius 3 is 2.11 bits per heavy atom. The molecule has 0 aliphatic carbocycles. The summed E-state index contributed by atoms with van der Waals surface area (Å²) in [4.78, 5) is 12.9. The van der Waals surface area contributed by atoms with Crippen LogP contribution in [-0.4, -0.2) is 41.8 Å². The lowest BCUT2D eigenvalue weighted by atomic mass is 10.0. The van der Waals surface area contributed by atoms with Crippen molar-refractivity contribution in [1.82, 2.24) is 0 Å². The summed E-state index contributed by atoms with van der Waals surface area (Å²) in [6.07, 6.45) is 1.02. The Morgan fingerprint density at radius 1 is 0.852 bits per heavy atom. The lowest BCUT2D eigenvalue weighted by molar-refractivity contribution is 0.330. The lowest BCUT2D eigenvalue weighted by Crippen LogP contribution is -2.06. The summed E-state index contributed by atoms with van der Waals surface area (Å²) in [5.41, 5.74) is -0.967. The van der Waals surface area contributed by atoms with Crippen molar-refractivity contribution in [2.24, 2.45) is 0 Å². The molecular weight excluding hydrogens is 360 g/mol. The molecule has 142 valence electrons. The zero-order valence-electron chi connectivity index (χ0n) is 14.6. The van der Waals surface area contributed by atoms with Crippen LogP contribution in [0.2, 0.25) is 0 Å². The maximum absolute atomic E-state index is 12.9. The highest BCUT2D eigenvalue weighted by molar-refractivity contribution is 5.96. The number of rotatable bonds is 4. The Bertz CT molecular complexity index is 1100. The Kier molecular flexibility index (Phi) is 4.36. The van der Waals surface area contributed by atoms with Gasteiger partial charge in [0.05, 0.1) is 26.9 Å². The molecular formula is C18H16O9. The Labute approximate surface area is 152 Å². The highest BCUT2D eigenvalue weighted by Gasteiger charge is 2.25. The third kappa shape index (κ3) is 2.60. The molecule has 2 aromatic carbocycles. The summed E-state index contributed by atoms with van der Waals surface area (Å²) in [6, 6.07) is 2.69. The zero-order chi connectivity index (χ0) is 19.9. The van der Waals surface area contributed by atoms with E-state index in [-0.39, 0.29) is 28.4 Å². The van der Waals surface area contributed by atoms with E-state index in [2.05, 4.69) is 0 Å². The normalized spacial score (nSPS) is 10.8. The second-order valence-corrected chi connectivity index (χ2v) is 5.49. The van der Waals surface area contributed by atoms with Gasteiger partial charge >= 0.3 is 0 Å². The van der Waals surface area contributed by atoms with Crippen molar-refractivity contribution in [2.45, 2.75) is 0 Å². The predicted octanol–water partition coefficient (Wildman–Crippen LogP) is 2.31. The molecule has 0 radical (unpaired) electrons. The van der Waals surface area contributed by atoms with Gasteiger partial charge in [0.2, 0.25) is 28.4 Å². The molecule has 0 saturated carbocycles. The van der Waals surface area contributed by atoms with Crippen LogP contribution in [0.1, 0.15) is 0 Å². The maximum Gasteiger partial charge on any atom is 0.208 e. The molecule has 9 nitrogen and oxygen atoms in total. The summed E-state index contributed by atoms with van der Waals surface area (Å²) in [6.45, 7) is 0. The van der Waals surface area contributed by atoms with E-state index >= 15 is 0 Å². The van der Waals surface area contributed by atoms with Crippen LogP contribution in [0, 0.1) is 0 Å². The van der Waals surface area contributed by atoms with Crippen LogP contribution < -0.4 is 19.6 Å². The molecule has 0 aliphatic heterocycles. The molecule has 0 fully saturated rings. The fourth-order valence-electron chi connectivity index (χ4n) is 2.79. The summed E-state index contributed by atoms with van der Waals surface area (Å²) in [7, 11) is 3.86. The van der Waals surface area contributed by atoms with Crippen LogP contribution in [0.3, 0.4) is 0 Å². The molecule has 3 rings (SSSR count). The molecule has 9 heteroatoms. The highest BCUT2D eigenvalue weighted by Crippen LogP contribution is 2.48. The Hall–Kier alpha value is -3.75. The quantitative estimate of drug-likeness (QED) is 0.399. The largest absolute Gasteiger partial charge is 0.504 e. The van der Waals surface area contributed by atoms with Crippen LogP contribution in [0.4, 0.5) is 0 Å². The number of fused-ring (bicyclic) bond motifs is 1. The van der Waals surface area contributed by atoms with E-state index in [1.807, 2.05) is 0 Å². The van der Waals surface area contributed by atoms with E-state index in [1.54, 1.807) is 0 Å². The van der Waals surface area contributed by atoms with Gasteiger partial charge in [0.1, 0.15) is 11.6 Å². The maximum atomic E-state index is 12.9. The predicted molar refractivity (Wildman–Crippen MR) is 94.2 cm³/mol. The van der Waals surface area contributed by atoms with Crippen LogP contribution >= 0.6 is 0 Å². The molecule has 0 unspecified atom stereocenters.